The van der Waals surface area contributed by atoms with E-state index in [4.69, 9.17) is 22.7 Å². The lowest BCUT2D eigenvalue weighted by Gasteiger charge is -2.33. The second kappa shape index (κ2) is 13.3. The van der Waals surface area contributed by atoms with Gasteiger partial charge in [0, 0.05) is 36.9 Å². The molecular weight excluding hydrogens is 513 g/mol. The maximum Gasteiger partial charge on any atom is 0.323 e. The predicted molar refractivity (Wildman–Crippen MR) is 134 cm³/mol. The van der Waals surface area contributed by atoms with Crippen molar-refractivity contribution in [1.29, 1.82) is 5.41 Å². The second-order valence-corrected chi connectivity index (χ2v) is 9.26. The van der Waals surface area contributed by atoms with Crippen molar-refractivity contribution in [2.75, 3.05) is 26.2 Å². The van der Waals surface area contributed by atoms with Gasteiger partial charge < -0.3 is 31.3 Å². The molecule has 0 aromatic carbocycles. The molecule has 1 aromatic rings. The monoisotopic (exact) mass is 543 g/mol. The number of guanidine groups is 1. The van der Waals surface area contributed by atoms with Crippen molar-refractivity contribution in [2.45, 2.75) is 44.2 Å². The van der Waals surface area contributed by atoms with E-state index in [9.17, 15) is 24.3 Å². The molecule has 0 spiro atoms. The number of aliphatic carboxylic acids is 1. The highest BCUT2D eigenvalue weighted by Crippen LogP contribution is 2.27. The molecule has 3 amide bonds. The van der Waals surface area contributed by atoms with E-state index >= 15 is 0 Å². The van der Waals surface area contributed by atoms with Gasteiger partial charge >= 0.3 is 5.97 Å². The van der Waals surface area contributed by atoms with Gasteiger partial charge in [-0.3, -0.25) is 29.6 Å². The van der Waals surface area contributed by atoms with Crippen LogP contribution in [0, 0.1) is 11.3 Å². The molecule has 2 fully saturated rings. The van der Waals surface area contributed by atoms with E-state index in [-0.39, 0.29) is 47.5 Å². The molecule has 0 unspecified atom stereocenters. The van der Waals surface area contributed by atoms with Gasteiger partial charge in [-0.05, 0) is 43.7 Å². The summed E-state index contributed by atoms with van der Waals surface area (Å²) in [6.07, 6.45) is 4.01. The van der Waals surface area contributed by atoms with Gasteiger partial charge in [-0.15, -0.1) is 12.4 Å². The van der Waals surface area contributed by atoms with Crippen LogP contribution < -0.4 is 16.4 Å². The summed E-state index contributed by atoms with van der Waals surface area (Å²) < 4.78 is 0. The SMILES string of the molecule is Cl.N=C(N)N1CCC[C@@H](CNC(=O)C[C@H](NC(=O)c2cc(Cl)ccn2)C(=O)N(CC(=O)O)C2CC2)C1. The molecular formula is C22H31Cl2N7O5. The molecule has 3 rings (SSSR count). The number of hydrogen-bond donors (Lipinski definition) is 5. The number of amides is 3. The molecule has 1 aromatic heterocycles. The highest BCUT2D eigenvalue weighted by molar-refractivity contribution is 6.30. The van der Waals surface area contributed by atoms with Crippen LogP contribution in [-0.2, 0) is 14.4 Å². The summed E-state index contributed by atoms with van der Waals surface area (Å²) in [5, 5.41) is 22.4. The molecule has 2 atom stereocenters. The van der Waals surface area contributed by atoms with Crippen molar-refractivity contribution < 1.29 is 24.3 Å². The third kappa shape index (κ3) is 8.52. The Hall–Kier alpha value is -3.12. The van der Waals surface area contributed by atoms with Crippen molar-refractivity contribution >= 4 is 53.7 Å². The Morgan fingerprint density at radius 3 is 2.64 bits per heavy atom. The van der Waals surface area contributed by atoms with Gasteiger partial charge in [-0.1, -0.05) is 11.6 Å². The fourth-order valence-electron chi connectivity index (χ4n) is 4.05. The van der Waals surface area contributed by atoms with Gasteiger partial charge in [-0.2, -0.15) is 0 Å². The summed E-state index contributed by atoms with van der Waals surface area (Å²) in [5.41, 5.74) is 5.54. The van der Waals surface area contributed by atoms with E-state index in [0.717, 1.165) is 12.8 Å². The largest absolute Gasteiger partial charge is 0.480 e. The first-order valence-electron chi connectivity index (χ1n) is 11.4. The molecule has 12 nitrogen and oxygen atoms in total. The maximum absolute atomic E-state index is 13.2. The Kier molecular flexibility index (Phi) is 10.7. The van der Waals surface area contributed by atoms with Crippen LogP contribution in [0.3, 0.4) is 0 Å². The van der Waals surface area contributed by atoms with Crippen LogP contribution in [-0.4, -0.2) is 87.8 Å². The van der Waals surface area contributed by atoms with E-state index < -0.39 is 36.3 Å². The Labute approximate surface area is 219 Å². The van der Waals surface area contributed by atoms with Crippen molar-refractivity contribution in [1.82, 2.24) is 25.4 Å². The Morgan fingerprint density at radius 1 is 1.31 bits per heavy atom. The first-order chi connectivity index (χ1) is 16.6. The van der Waals surface area contributed by atoms with Crippen molar-refractivity contribution in [3.05, 3.63) is 29.0 Å². The molecule has 14 heteroatoms. The zero-order chi connectivity index (χ0) is 25.5. The minimum absolute atomic E-state index is 0. The van der Waals surface area contributed by atoms with Gasteiger partial charge in [0.2, 0.25) is 11.8 Å². The van der Waals surface area contributed by atoms with Gasteiger partial charge in [0.1, 0.15) is 18.3 Å². The predicted octanol–water partition coefficient (Wildman–Crippen LogP) is 0.443. The number of carbonyl (C=O) groups is 4. The van der Waals surface area contributed by atoms with Gasteiger partial charge in [0.25, 0.3) is 5.91 Å². The zero-order valence-corrected chi connectivity index (χ0v) is 21.2. The number of nitrogens with zero attached hydrogens (tertiary/aromatic N) is 3. The average Bonchev–Trinajstić information content (AvgIpc) is 3.65. The molecule has 1 aliphatic heterocycles. The Balaban J connectivity index is 0.00000456. The summed E-state index contributed by atoms with van der Waals surface area (Å²) in [5.74, 6) is -2.90. The van der Waals surface area contributed by atoms with Crippen LogP contribution in [0.5, 0.6) is 0 Å². The summed E-state index contributed by atoms with van der Waals surface area (Å²) in [7, 11) is 0. The Bertz CT molecular complexity index is 991. The Morgan fingerprint density at radius 2 is 2.03 bits per heavy atom. The van der Waals surface area contributed by atoms with E-state index in [2.05, 4.69) is 15.6 Å². The zero-order valence-electron chi connectivity index (χ0n) is 19.6. The van der Waals surface area contributed by atoms with E-state index in [1.807, 2.05) is 0 Å². The maximum atomic E-state index is 13.2. The fraction of sp³-hybridized carbons (Fsp3) is 0.545. The molecule has 198 valence electrons. The van der Waals surface area contributed by atoms with E-state index in [1.54, 1.807) is 4.90 Å². The van der Waals surface area contributed by atoms with E-state index in [1.165, 1.54) is 23.2 Å². The van der Waals surface area contributed by atoms with Crippen molar-refractivity contribution in [3.8, 4) is 0 Å². The molecule has 1 saturated heterocycles. The number of halogens is 2. The van der Waals surface area contributed by atoms with Gasteiger partial charge in [0.15, 0.2) is 5.96 Å². The third-order valence-corrected chi connectivity index (χ3v) is 6.21. The number of hydrogen-bond acceptors (Lipinski definition) is 6. The minimum Gasteiger partial charge on any atom is -0.480 e. The smallest absolute Gasteiger partial charge is 0.323 e. The molecule has 6 N–H and O–H groups in total. The van der Waals surface area contributed by atoms with Crippen LogP contribution in [0.1, 0.15) is 42.6 Å². The number of pyridine rings is 1. The number of carboxylic acids is 1. The second-order valence-electron chi connectivity index (χ2n) is 8.82. The number of nitrogens with two attached hydrogens (primary N) is 1. The first kappa shape index (κ1) is 29.1. The molecule has 2 aliphatic rings. The topological polar surface area (TPSA) is 182 Å². The number of nitrogens with one attached hydrogen (secondary N) is 3. The summed E-state index contributed by atoms with van der Waals surface area (Å²) in [6, 6.07) is 1.32. The quantitative estimate of drug-likeness (QED) is 0.208. The third-order valence-electron chi connectivity index (χ3n) is 5.97. The average molecular weight is 544 g/mol. The number of piperidine rings is 1. The molecule has 0 radical (unpaired) electrons. The van der Waals surface area contributed by atoms with Crippen LogP contribution in [0.15, 0.2) is 18.3 Å². The lowest BCUT2D eigenvalue weighted by molar-refractivity contribution is -0.146. The summed E-state index contributed by atoms with van der Waals surface area (Å²) in [6.45, 7) is 1.05. The molecule has 0 bridgehead atoms. The number of rotatable bonds is 10. The van der Waals surface area contributed by atoms with Crippen LogP contribution in [0.25, 0.3) is 0 Å². The lowest BCUT2D eigenvalue weighted by atomic mass is 9.98. The molecule has 1 aliphatic carbocycles. The molecule has 36 heavy (non-hydrogen) atoms. The highest BCUT2D eigenvalue weighted by atomic mass is 35.5. The van der Waals surface area contributed by atoms with Crippen molar-refractivity contribution in [3.63, 3.8) is 0 Å². The van der Waals surface area contributed by atoms with Gasteiger partial charge in [-0.25, -0.2) is 0 Å². The van der Waals surface area contributed by atoms with Crippen LogP contribution >= 0.6 is 24.0 Å². The number of aromatic nitrogens is 1. The molecule has 1 saturated carbocycles. The lowest BCUT2D eigenvalue weighted by Crippen LogP contribution is -2.53. The van der Waals surface area contributed by atoms with Crippen molar-refractivity contribution in [2.24, 2.45) is 11.7 Å². The normalized spacial score (nSPS) is 17.8. The first-order valence-corrected chi connectivity index (χ1v) is 11.8. The minimum atomic E-state index is -1.27. The van der Waals surface area contributed by atoms with Gasteiger partial charge in [0.05, 0.1) is 6.42 Å². The standard InChI is InChI=1S/C22H30ClN7O5.ClH/c23-14-5-6-26-16(8-14)20(34)28-17(21(35)30(12-19(32)33)15-3-4-15)9-18(31)27-10-13-2-1-7-29(11-13)22(24)25;/h5-6,8,13,15,17H,1-4,7,9-12H2,(H3,24,25)(H,27,31)(H,28,34)(H,32,33);1H/t13-,17-;/m0./s1. The molecule has 2 heterocycles. The van der Waals surface area contributed by atoms with E-state index in [0.29, 0.717) is 32.5 Å². The van der Waals surface area contributed by atoms with Crippen LogP contribution in [0.4, 0.5) is 0 Å². The summed E-state index contributed by atoms with van der Waals surface area (Å²) >= 11 is 5.93. The fourth-order valence-corrected chi connectivity index (χ4v) is 4.21. The number of carboxylic acid groups (broad SMARTS) is 1. The van der Waals surface area contributed by atoms with Crippen LogP contribution in [0.2, 0.25) is 5.02 Å². The number of carbonyl (C=O) groups excluding carboxylic acids is 3. The number of likely N-dealkylation sites (tertiary alicyclic amines) is 1. The summed E-state index contributed by atoms with van der Waals surface area (Å²) in [4.78, 5) is 56.9. The highest BCUT2D eigenvalue weighted by Gasteiger charge is 2.38.